The van der Waals surface area contributed by atoms with Gasteiger partial charge in [0.25, 0.3) is 5.91 Å². The molecule has 0 saturated carbocycles. The van der Waals surface area contributed by atoms with Gasteiger partial charge in [-0.3, -0.25) is 10.1 Å². The second-order valence-electron chi connectivity index (χ2n) is 5.65. The van der Waals surface area contributed by atoms with Gasteiger partial charge < -0.3 is 4.74 Å². The summed E-state index contributed by atoms with van der Waals surface area (Å²) in [5, 5.41) is 3.28. The number of benzene rings is 2. The second kappa shape index (κ2) is 8.42. The molecule has 7 heteroatoms. The Balaban J connectivity index is 1.73. The number of halogens is 1. The number of rotatable bonds is 6. The Morgan fingerprint density at radius 1 is 1.15 bits per heavy atom. The van der Waals surface area contributed by atoms with Gasteiger partial charge in [-0.25, -0.2) is 9.78 Å². The molecule has 3 rings (SSSR count). The molecule has 0 unspecified atom stereocenters. The Labute approximate surface area is 163 Å². The van der Waals surface area contributed by atoms with Crippen LogP contribution in [0.5, 0.6) is 0 Å². The first kappa shape index (κ1) is 18.5. The number of aromatic nitrogens is 1. The smallest absolute Gasteiger partial charge is 0.338 e. The number of esters is 1. The summed E-state index contributed by atoms with van der Waals surface area (Å²) in [5.41, 5.74) is 1.77. The number of ether oxygens (including phenoxy) is 1. The summed E-state index contributed by atoms with van der Waals surface area (Å²) in [7, 11) is 0. The molecule has 0 bridgehead atoms. The van der Waals surface area contributed by atoms with Crippen molar-refractivity contribution in [3.63, 3.8) is 0 Å². The number of fused-ring (bicyclic) bond motifs is 1. The van der Waals surface area contributed by atoms with Crippen molar-refractivity contribution < 1.29 is 14.3 Å². The third-order valence-electron chi connectivity index (χ3n) is 3.68. The number of nitrogens with zero attached hydrogens (tertiary/aromatic N) is 1. The molecule has 0 aliphatic carbocycles. The zero-order chi connectivity index (χ0) is 18.5. The van der Waals surface area contributed by atoms with Crippen LogP contribution in [0.15, 0.2) is 46.9 Å². The molecule has 1 amide bonds. The zero-order valence-electron chi connectivity index (χ0n) is 14.1. The van der Waals surface area contributed by atoms with Gasteiger partial charge in [0.1, 0.15) is 0 Å². The molecule has 3 aromatic rings. The fourth-order valence-corrected chi connectivity index (χ4v) is 3.43. The minimum Gasteiger partial charge on any atom is -0.462 e. The first-order chi connectivity index (χ1) is 12.6. The number of hydrogen-bond donors (Lipinski definition) is 1. The maximum absolute atomic E-state index is 12.3. The molecule has 1 N–H and O–H groups in total. The van der Waals surface area contributed by atoms with Gasteiger partial charge in [-0.15, -0.1) is 0 Å². The summed E-state index contributed by atoms with van der Waals surface area (Å²) in [5.74, 6) is -0.565. The highest BCUT2D eigenvalue weighted by Crippen LogP contribution is 2.27. The Kier molecular flexibility index (Phi) is 6.00. The van der Waals surface area contributed by atoms with E-state index in [9.17, 15) is 9.59 Å². The number of amides is 1. The van der Waals surface area contributed by atoms with Crippen LogP contribution in [0.25, 0.3) is 10.2 Å². The number of hydrogen-bond acceptors (Lipinski definition) is 5. The fourth-order valence-electron chi connectivity index (χ4n) is 2.27. The molecular formula is C19H17BrN2O3S. The van der Waals surface area contributed by atoms with Crippen molar-refractivity contribution in [2.75, 3.05) is 11.9 Å². The van der Waals surface area contributed by atoms with Crippen molar-refractivity contribution >= 4 is 54.5 Å². The molecule has 5 nitrogen and oxygen atoms in total. The van der Waals surface area contributed by atoms with Crippen molar-refractivity contribution in [3.8, 4) is 0 Å². The molecule has 1 heterocycles. The largest absolute Gasteiger partial charge is 0.462 e. The molecular weight excluding hydrogens is 416 g/mol. The molecule has 0 fully saturated rings. The summed E-state index contributed by atoms with van der Waals surface area (Å²) in [6, 6.07) is 12.3. The van der Waals surface area contributed by atoms with Crippen LogP contribution in [0.4, 0.5) is 5.13 Å². The lowest BCUT2D eigenvalue weighted by molar-refractivity contribution is 0.0500. The van der Waals surface area contributed by atoms with Crippen LogP contribution in [0.3, 0.4) is 0 Å². The van der Waals surface area contributed by atoms with Gasteiger partial charge in [0.2, 0.25) is 0 Å². The third-order valence-corrected chi connectivity index (χ3v) is 5.14. The van der Waals surface area contributed by atoms with E-state index in [1.807, 2.05) is 19.1 Å². The summed E-state index contributed by atoms with van der Waals surface area (Å²) >= 11 is 4.67. The van der Waals surface area contributed by atoms with Crippen LogP contribution in [0.1, 0.15) is 40.5 Å². The first-order valence-corrected chi connectivity index (χ1v) is 9.82. The number of carbonyl (C=O) groups is 2. The number of carbonyl (C=O) groups excluding carboxylic acids is 2. The van der Waals surface area contributed by atoms with Crippen LogP contribution in [0.2, 0.25) is 0 Å². The predicted molar refractivity (Wildman–Crippen MR) is 107 cm³/mol. The van der Waals surface area contributed by atoms with Gasteiger partial charge in [0.15, 0.2) is 5.13 Å². The molecule has 134 valence electrons. The lowest BCUT2D eigenvalue weighted by Gasteiger charge is -2.03. The van der Waals surface area contributed by atoms with Crippen molar-refractivity contribution in [1.82, 2.24) is 4.98 Å². The van der Waals surface area contributed by atoms with Crippen LogP contribution in [0, 0.1) is 0 Å². The lowest BCUT2D eigenvalue weighted by atomic mass is 10.2. The third kappa shape index (κ3) is 4.47. The normalized spacial score (nSPS) is 10.7. The first-order valence-electron chi connectivity index (χ1n) is 8.21. The van der Waals surface area contributed by atoms with Crippen molar-refractivity contribution in [2.45, 2.75) is 19.8 Å². The minimum atomic E-state index is -0.339. The van der Waals surface area contributed by atoms with Crippen molar-refractivity contribution in [3.05, 3.63) is 58.1 Å². The number of unbranched alkanes of at least 4 members (excludes halogenated alkanes) is 1. The summed E-state index contributed by atoms with van der Waals surface area (Å²) < 4.78 is 6.96. The van der Waals surface area contributed by atoms with Crippen LogP contribution in [-0.4, -0.2) is 23.5 Å². The Morgan fingerprint density at radius 2 is 1.88 bits per heavy atom. The lowest BCUT2D eigenvalue weighted by Crippen LogP contribution is -2.11. The monoisotopic (exact) mass is 432 g/mol. The predicted octanol–water partition coefficient (Wildman–Crippen LogP) is 5.27. The van der Waals surface area contributed by atoms with Crippen LogP contribution < -0.4 is 5.32 Å². The molecule has 0 atom stereocenters. The number of anilines is 1. The fraction of sp³-hybridized carbons (Fsp3) is 0.211. The highest BCUT2D eigenvalue weighted by atomic mass is 79.9. The van der Waals surface area contributed by atoms with Crippen LogP contribution in [-0.2, 0) is 4.74 Å². The SMILES string of the molecule is CCCCOC(=O)c1ccc2nc(NC(=O)c3ccc(Br)cc3)sc2c1. The Bertz CT molecular complexity index is 938. The average molecular weight is 433 g/mol. The maximum Gasteiger partial charge on any atom is 0.338 e. The maximum atomic E-state index is 12.3. The molecule has 0 aliphatic rings. The highest BCUT2D eigenvalue weighted by Gasteiger charge is 2.13. The van der Waals surface area contributed by atoms with E-state index in [4.69, 9.17) is 4.74 Å². The summed E-state index contributed by atoms with van der Waals surface area (Å²) in [6.45, 7) is 2.46. The van der Waals surface area contributed by atoms with Crippen molar-refractivity contribution in [1.29, 1.82) is 0 Å². The van der Waals surface area contributed by atoms with E-state index in [1.54, 1.807) is 30.3 Å². The molecule has 0 spiro atoms. The quantitative estimate of drug-likeness (QED) is 0.425. The molecule has 1 aromatic heterocycles. The highest BCUT2D eigenvalue weighted by molar-refractivity contribution is 9.10. The van der Waals surface area contributed by atoms with E-state index in [0.29, 0.717) is 22.9 Å². The van der Waals surface area contributed by atoms with E-state index < -0.39 is 0 Å². The molecule has 26 heavy (non-hydrogen) atoms. The topological polar surface area (TPSA) is 68.3 Å². The van der Waals surface area contributed by atoms with Crippen LogP contribution >= 0.6 is 27.3 Å². The average Bonchev–Trinajstić information content (AvgIpc) is 3.03. The summed E-state index contributed by atoms with van der Waals surface area (Å²) in [4.78, 5) is 28.7. The van der Waals surface area contributed by atoms with E-state index in [1.165, 1.54) is 11.3 Å². The number of thiazole rings is 1. The van der Waals surface area contributed by atoms with Gasteiger partial charge in [-0.1, -0.05) is 40.6 Å². The van der Waals surface area contributed by atoms with Gasteiger partial charge >= 0.3 is 5.97 Å². The van der Waals surface area contributed by atoms with Gasteiger partial charge in [0, 0.05) is 10.0 Å². The van der Waals surface area contributed by atoms with Crippen molar-refractivity contribution in [2.24, 2.45) is 0 Å². The second-order valence-corrected chi connectivity index (χ2v) is 7.60. The van der Waals surface area contributed by atoms with E-state index in [-0.39, 0.29) is 11.9 Å². The van der Waals surface area contributed by atoms with Gasteiger partial charge in [-0.2, -0.15) is 0 Å². The summed E-state index contributed by atoms with van der Waals surface area (Å²) in [6.07, 6.45) is 1.82. The minimum absolute atomic E-state index is 0.226. The van der Waals surface area contributed by atoms with E-state index in [2.05, 4.69) is 26.2 Å². The Morgan fingerprint density at radius 3 is 2.62 bits per heavy atom. The number of nitrogens with one attached hydrogen (secondary N) is 1. The zero-order valence-corrected chi connectivity index (χ0v) is 16.5. The molecule has 0 radical (unpaired) electrons. The van der Waals surface area contributed by atoms with Gasteiger partial charge in [-0.05, 0) is 48.9 Å². The van der Waals surface area contributed by atoms with E-state index >= 15 is 0 Å². The molecule has 0 aliphatic heterocycles. The standard InChI is InChI=1S/C19H17BrN2O3S/c1-2-3-10-25-18(24)13-6-9-15-16(11-13)26-19(21-15)22-17(23)12-4-7-14(20)8-5-12/h4-9,11H,2-3,10H2,1H3,(H,21,22,23). The van der Waals surface area contributed by atoms with E-state index in [0.717, 1.165) is 27.5 Å². The van der Waals surface area contributed by atoms with Gasteiger partial charge in [0.05, 0.1) is 22.4 Å². The Hall–Kier alpha value is -2.25. The molecule has 0 saturated heterocycles. The molecule has 2 aromatic carbocycles.